The van der Waals surface area contributed by atoms with Crippen molar-refractivity contribution in [1.29, 1.82) is 0 Å². The van der Waals surface area contributed by atoms with Crippen LogP contribution in [0.5, 0.6) is 0 Å². The molecule has 13 heavy (non-hydrogen) atoms. The molecular formula is C9H16O3S. The van der Waals surface area contributed by atoms with E-state index in [0.29, 0.717) is 12.8 Å². The largest absolute Gasteiger partial charge is 0.480 e. The first-order valence-corrected chi connectivity index (χ1v) is 5.61. The third kappa shape index (κ3) is 2.61. The highest BCUT2D eigenvalue weighted by Crippen LogP contribution is 2.42. The van der Waals surface area contributed by atoms with Crippen molar-refractivity contribution < 1.29 is 15.0 Å². The Bertz CT molecular complexity index is 185. The molecule has 0 amide bonds. The van der Waals surface area contributed by atoms with Gasteiger partial charge < -0.3 is 10.2 Å². The first kappa shape index (κ1) is 10.9. The number of hydrogen-bond donors (Lipinski definition) is 2. The van der Waals surface area contributed by atoms with Crippen molar-refractivity contribution in [2.75, 3.05) is 5.75 Å². The number of carboxylic acids is 1. The molecule has 2 N–H and O–H groups in total. The SMILES string of the molecule is CC(O)CCC1(C(=O)O)CCCS1. The molecule has 1 fully saturated rings. The lowest BCUT2D eigenvalue weighted by Gasteiger charge is -2.23. The van der Waals surface area contributed by atoms with Gasteiger partial charge in [-0.2, -0.15) is 0 Å². The Morgan fingerprint density at radius 2 is 2.38 bits per heavy atom. The summed E-state index contributed by atoms with van der Waals surface area (Å²) in [5, 5.41) is 18.2. The number of hydrogen-bond acceptors (Lipinski definition) is 3. The van der Waals surface area contributed by atoms with E-state index in [1.165, 1.54) is 11.8 Å². The predicted molar refractivity (Wildman–Crippen MR) is 53.0 cm³/mol. The average molecular weight is 204 g/mol. The van der Waals surface area contributed by atoms with Crippen LogP contribution in [-0.2, 0) is 4.79 Å². The van der Waals surface area contributed by atoms with E-state index in [-0.39, 0.29) is 0 Å². The summed E-state index contributed by atoms with van der Waals surface area (Å²) in [6.45, 7) is 1.70. The number of aliphatic hydroxyl groups excluding tert-OH is 1. The molecule has 1 rings (SSSR count). The molecule has 1 aliphatic rings. The minimum absolute atomic E-state index is 0.391. The van der Waals surface area contributed by atoms with E-state index < -0.39 is 16.8 Å². The smallest absolute Gasteiger partial charge is 0.319 e. The third-order valence-electron chi connectivity index (χ3n) is 2.46. The van der Waals surface area contributed by atoms with Crippen molar-refractivity contribution in [3.05, 3.63) is 0 Å². The molecule has 0 aliphatic carbocycles. The second-order valence-corrected chi connectivity index (χ2v) is 5.12. The lowest BCUT2D eigenvalue weighted by Crippen LogP contribution is -2.33. The molecular weight excluding hydrogens is 188 g/mol. The van der Waals surface area contributed by atoms with Gasteiger partial charge in [0.2, 0.25) is 0 Å². The van der Waals surface area contributed by atoms with Crippen molar-refractivity contribution in [3.63, 3.8) is 0 Å². The highest BCUT2D eigenvalue weighted by atomic mass is 32.2. The molecule has 1 aliphatic heterocycles. The number of thioether (sulfide) groups is 1. The molecule has 4 heteroatoms. The minimum atomic E-state index is -0.712. The Balaban J connectivity index is 2.52. The minimum Gasteiger partial charge on any atom is -0.480 e. The predicted octanol–water partition coefficient (Wildman–Crippen LogP) is 1.50. The summed E-state index contributed by atoms with van der Waals surface area (Å²) in [5.41, 5.74) is 0. The van der Waals surface area contributed by atoms with Gasteiger partial charge in [0.1, 0.15) is 4.75 Å². The molecule has 3 nitrogen and oxygen atoms in total. The summed E-state index contributed by atoms with van der Waals surface area (Å²) in [6, 6.07) is 0. The van der Waals surface area contributed by atoms with Gasteiger partial charge in [0.25, 0.3) is 0 Å². The lowest BCUT2D eigenvalue weighted by atomic mass is 9.96. The molecule has 0 aromatic rings. The summed E-state index contributed by atoms with van der Waals surface area (Å²) in [4.78, 5) is 11.0. The van der Waals surface area contributed by atoms with Crippen molar-refractivity contribution in [2.24, 2.45) is 0 Å². The summed E-state index contributed by atoms with van der Waals surface area (Å²) >= 11 is 1.53. The highest BCUT2D eigenvalue weighted by molar-refractivity contribution is 8.01. The third-order valence-corrected chi connectivity index (χ3v) is 4.09. The van der Waals surface area contributed by atoms with Crippen molar-refractivity contribution in [2.45, 2.75) is 43.5 Å². The molecule has 0 radical (unpaired) electrons. The first-order chi connectivity index (χ1) is 6.07. The second kappa shape index (κ2) is 4.33. The zero-order valence-electron chi connectivity index (χ0n) is 7.82. The maximum Gasteiger partial charge on any atom is 0.319 e. The van der Waals surface area contributed by atoms with Gasteiger partial charge in [0.15, 0.2) is 0 Å². The number of carbonyl (C=O) groups is 1. The number of aliphatic hydroxyl groups is 1. The van der Waals surface area contributed by atoms with Crippen LogP contribution < -0.4 is 0 Å². The summed E-state index contributed by atoms with van der Waals surface area (Å²) < 4.78 is -0.600. The van der Waals surface area contributed by atoms with E-state index in [2.05, 4.69) is 0 Å². The van der Waals surface area contributed by atoms with E-state index in [1.54, 1.807) is 6.92 Å². The molecule has 76 valence electrons. The zero-order valence-corrected chi connectivity index (χ0v) is 8.64. The average Bonchev–Trinajstić information content (AvgIpc) is 2.50. The zero-order chi connectivity index (χ0) is 9.90. The van der Waals surface area contributed by atoms with Gasteiger partial charge in [-0.25, -0.2) is 0 Å². The van der Waals surface area contributed by atoms with E-state index in [9.17, 15) is 4.79 Å². The van der Waals surface area contributed by atoms with Crippen LogP contribution >= 0.6 is 11.8 Å². The van der Waals surface area contributed by atoms with Crippen LogP contribution in [0.1, 0.15) is 32.6 Å². The second-order valence-electron chi connectivity index (χ2n) is 3.64. The quantitative estimate of drug-likeness (QED) is 0.728. The van der Waals surface area contributed by atoms with Gasteiger partial charge in [-0.1, -0.05) is 0 Å². The van der Waals surface area contributed by atoms with Gasteiger partial charge in [-0.15, -0.1) is 11.8 Å². The van der Waals surface area contributed by atoms with Gasteiger partial charge >= 0.3 is 5.97 Å². The van der Waals surface area contributed by atoms with Crippen molar-refractivity contribution >= 4 is 17.7 Å². The number of rotatable bonds is 4. The molecule has 1 saturated heterocycles. The summed E-state index contributed by atoms with van der Waals surface area (Å²) in [7, 11) is 0. The van der Waals surface area contributed by atoms with E-state index in [4.69, 9.17) is 10.2 Å². The molecule has 0 aromatic heterocycles. The fourth-order valence-electron chi connectivity index (χ4n) is 1.61. The monoisotopic (exact) mass is 204 g/mol. The van der Waals surface area contributed by atoms with Crippen molar-refractivity contribution in [3.8, 4) is 0 Å². The Labute approximate surface area is 82.5 Å². The van der Waals surface area contributed by atoms with Crippen LogP contribution in [-0.4, -0.2) is 32.8 Å². The van der Waals surface area contributed by atoms with Gasteiger partial charge in [-0.3, -0.25) is 4.79 Å². The van der Waals surface area contributed by atoms with Gasteiger partial charge in [-0.05, 0) is 38.4 Å². The van der Waals surface area contributed by atoms with E-state index >= 15 is 0 Å². The molecule has 0 aromatic carbocycles. The maximum atomic E-state index is 11.0. The molecule has 1 heterocycles. The Morgan fingerprint density at radius 1 is 1.69 bits per heavy atom. The maximum absolute atomic E-state index is 11.0. The number of carboxylic acid groups (broad SMARTS) is 1. The fourth-order valence-corrected chi connectivity index (χ4v) is 2.97. The Morgan fingerprint density at radius 3 is 2.77 bits per heavy atom. The highest BCUT2D eigenvalue weighted by Gasteiger charge is 2.41. The molecule has 2 unspecified atom stereocenters. The van der Waals surface area contributed by atoms with Crippen molar-refractivity contribution in [1.82, 2.24) is 0 Å². The van der Waals surface area contributed by atoms with Crippen LogP contribution in [0.15, 0.2) is 0 Å². The normalized spacial score (nSPS) is 30.3. The van der Waals surface area contributed by atoms with E-state index in [1.807, 2.05) is 0 Å². The van der Waals surface area contributed by atoms with Crippen LogP contribution in [0, 0.1) is 0 Å². The van der Waals surface area contributed by atoms with E-state index in [0.717, 1.165) is 18.6 Å². The molecule has 0 saturated carbocycles. The van der Waals surface area contributed by atoms with Crippen LogP contribution in [0.2, 0.25) is 0 Å². The van der Waals surface area contributed by atoms with Crippen LogP contribution in [0.25, 0.3) is 0 Å². The Kier molecular flexibility index (Phi) is 3.62. The standard InChI is InChI=1S/C9H16O3S/c1-7(10)3-5-9(8(11)12)4-2-6-13-9/h7,10H,2-6H2,1H3,(H,11,12). The Hall–Kier alpha value is -0.220. The van der Waals surface area contributed by atoms with Crippen LogP contribution in [0.4, 0.5) is 0 Å². The molecule has 0 bridgehead atoms. The molecule has 0 spiro atoms. The fraction of sp³-hybridized carbons (Fsp3) is 0.889. The van der Waals surface area contributed by atoms with Gasteiger partial charge in [0, 0.05) is 0 Å². The topological polar surface area (TPSA) is 57.5 Å². The summed E-state index contributed by atoms with van der Waals surface area (Å²) in [6.07, 6.45) is 2.51. The van der Waals surface area contributed by atoms with Crippen LogP contribution in [0.3, 0.4) is 0 Å². The summed E-state index contributed by atoms with van der Waals surface area (Å²) in [5.74, 6) is 0.224. The lowest BCUT2D eigenvalue weighted by molar-refractivity contribution is -0.140. The first-order valence-electron chi connectivity index (χ1n) is 4.62. The van der Waals surface area contributed by atoms with Gasteiger partial charge in [0.05, 0.1) is 6.10 Å². The molecule has 2 atom stereocenters. The number of aliphatic carboxylic acids is 1.